The van der Waals surface area contributed by atoms with E-state index in [4.69, 9.17) is 9.47 Å². The Morgan fingerprint density at radius 1 is 1.12 bits per heavy atom. The molecule has 1 heterocycles. The monoisotopic (exact) mass is 362 g/mol. The Morgan fingerprint density at radius 2 is 1.77 bits per heavy atom. The zero-order valence-electron chi connectivity index (χ0n) is 16.6. The van der Waals surface area contributed by atoms with Crippen LogP contribution in [0.1, 0.15) is 56.3 Å². The largest absolute Gasteiger partial charge is 0.490 e. The summed E-state index contributed by atoms with van der Waals surface area (Å²) in [6.45, 7) is 8.15. The van der Waals surface area contributed by atoms with Crippen molar-refractivity contribution in [2.45, 2.75) is 46.0 Å². The second kappa shape index (κ2) is 11.1. The topological polar surface area (TPSA) is 50.8 Å². The van der Waals surface area contributed by atoms with Crippen LogP contribution in [0.15, 0.2) is 18.2 Å². The van der Waals surface area contributed by atoms with Gasteiger partial charge in [0.25, 0.3) is 5.91 Å². The summed E-state index contributed by atoms with van der Waals surface area (Å²) in [6, 6.07) is 5.57. The maximum atomic E-state index is 12.9. The standard InChI is InChI=1S/C21H34N2O3/c1-4-14-25-19-7-6-18(16-20(19)26-15-5-2)21(24)23-12-9-17(10-13-23)8-11-22-3/h6-7,16-17,22H,4-5,8-15H2,1-3H3. The van der Waals surface area contributed by atoms with Crippen molar-refractivity contribution in [1.29, 1.82) is 0 Å². The molecule has 0 aliphatic carbocycles. The second-order valence-electron chi connectivity index (χ2n) is 6.99. The van der Waals surface area contributed by atoms with Gasteiger partial charge in [-0.15, -0.1) is 0 Å². The predicted octanol–water partition coefficient (Wildman–Crippen LogP) is 3.73. The number of benzene rings is 1. The Labute approximate surface area is 158 Å². The van der Waals surface area contributed by atoms with E-state index in [1.807, 2.05) is 30.1 Å². The number of hydrogen-bond acceptors (Lipinski definition) is 4. The van der Waals surface area contributed by atoms with Crippen LogP contribution in [0.2, 0.25) is 0 Å². The number of piperidine rings is 1. The quantitative estimate of drug-likeness (QED) is 0.689. The fourth-order valence-electron chi connectivity index (χ4n) is 3.25. The van der Waals surface area contributed by atoms with Gasteiger partial charge in [0, 0.05) is 18.7 Å². The van der Waals surface area contributed by atoms with Gasteiger partial charge in [-0.25, -0.2) is 0 Å². The molecule has 5 heteroatoms. The number of carbonyl (C=O) groups is 1. The van der Waals surface area contributed by atoms with Crippen LogP contribution in [0, 0.1) is 5.92 Å². The van der Waals surface area contributed by atoms with Gasteiger partial charge < -0.3 is 19.7 Å². The predicted molar refractivity (Wildman–Crippen MR) is 105 cm³/mol. The Hall–Kier alpha value is -1.75. The highest BCUT2D eigenvalue weighted by Crippen LogP contribution is 2.30. The molecule has 0 saturated carbocycles. The summed E-state index contributed by atoms with van der Waals surface area (Å²) in [4.78, 5) is 14.9. The smallest absolute Gasteiger partial charge is 0.253 e. The third kappa shape index (κ3) is 5.90. The van der Waals surface area contributed by atoms with Gasteiger partial charge in [-0.2, -0.15) is 0 Å². The number of ether oxygens (including phenoxy) is 2. The zero-order valence-corrected chi connectivity index (χ0v) is 16.6. The normalized spacial score (nSPS) is 15.1. The Kier molecular flexibility index (Phi) is 8.75. The molecule has 0 atom stereocenters. The molecule has 0 bridgehead atoms. The molecule has 1 aromatic carbocycles. The number of nitrogens with zero attached hydrogens (tertiary/aromatic N) is 1. The summed E-state index contributed by atoms with van der Waals surface area (Å²) in [6.07, 6.45) is 5.23. The van der Waals surface area contributed by atoms with Gasteiger partial charge in [-0.3, -0.25) is 4.79 Å². The van der Waals surface area contributed by atoms with Gasteiger partial charge in [-0.1, -0.05) is 13.8 Å². The minimum Gasteiger partial charge on any atom is -0.490 e. The highest BCUT2D eigenvalue weighted by atomic mass is 16.5. The highest BCUT2D eigenvalue weighted by molar-refractivity contribution is 5.95. The fraction of sp³-hybridized carbons (Fsp3) is 0.667. The van der Waals surface area contributed by atoms with Crippen LogP contribution < -0.4 is 14.8 Å². The first kappa shape index (κ1) is 20.6. The third-order valence-electron chi connectivity index (χ3n) is 4.82. The molecular weight excluding hydrogens is 328 g/mol. The minimum atomic E-state index is 0.0976. The first-order valence-electron chi connectivity index (χ1n) is 10.0. The van der Waals surface area contributed by atoms with Gasteiger partial charge in [0.05, 0.1) is 13.2 Å². The number of hydrogen-bond donors (Lipinski definition) is 1. The lowest BCUT2D eigenvalue weighted by Crippen LogP contribution is -2.39. The molecule has 26 heavy (non-hydrogen) atoms. The van der Waals surface area contributed by atoms with Crippen molar-refractivity contribution in [3.05, 3.63) is 23.8 Å². The number of amides is 1. The Morgan fingerprint density at radius 3 is 2.38 bits per heavy atom. The molecule has 0 unspecified atom stereocenters. The maximum absolute atomic E-state index is 12.9. The highest BCUT2D eigenvalue weighted by Gasteiger charge is 2.24. The minimum absolute atomic E-state index is 0.0976. The SMILES string of the molecule is CCCOc1ccc(C(=O)N2CCC(CCNC)CC2)cc1OCCC. The van der Waals surface area contributed by atoms with Crippen molar-refractivity contribution in [1.82, 2.24) is 10.2 Å². The first-order chi connectivity index (χ1) is 12.7. The molecule has 0 aromatic heterocycles. The first-order valence-corrected chi connectivity index (χ1v) is 10.0. The number of nitrogens with one attached hydrogen (secondary N) is 1. The van der Waals surface area contributed by atoms with Gasteiger partial charge >= 0.3 is 0 Å². The van der Waals surface area contributed by atoms with Gasteiger partial charge in [0.1, 0.15) is 0 Å². The summed E-state index contributed by atoms with van der Waals surface area (Å²) in [7, 11) is 1.99. The number of likely N-dealkylation sites (tertiary alicyclic amines) is 1. The lowest BCUT2D eigenvalue weighted by atomic mass is 9.93. The molecule has 0 spiro atoms. The van der Waals surface area contributed by atoms with Crippen LogP contribution in [-0.4, -0.2) is 50.7 Å². The van der Waals surface area contributed by atoms with Crippen LogP contribution in [0.25, 0.3) is 0 Å². The molecule has 1 amide bonds. The summed E-state index contributed by atoms with van der Waals surface area (Å²) in [5.74, 6) is 2.22. The van der Waals surface area contributed by atoms with E-state index in [0.29, 0.717) is 24.5 Å². The molecule has 1 aliphatic heterocycles. The molecular formula is C21H34N2O3. The lowest BCUT2D eigenvalue weighted by Gasteiger charge is -2.32. The van der Waals surface area contributed by atoms with Crippen LogP contribution in [0.3, 0.4) is 0 Å². The lowest BCUT2D eigenvalue weighted by molar-refractivity contribution is 0.0686. The van der Waals surface area contributed by atoms with Crippen molar-refractivity contribution in [2.75, 3.05) is 39.9 Å². The molecule has 1 N–H and O–H groups in total. The van der Waals surface area contributed by atoms with Crippen molar-refractivity contribution in [3.63, 3.8) is 0 Å². The van der Waals surface area contributed by atoms with Crippen molar-refractivity contribution < 1.29 is 14.3 Å². The maximum Gasteiger partial charge on any atom is 0.253 e. The average Bonchev–Trinajstić information content (AvgIpc) is 2.69. The van der Waals surface area contributed by atoms with E-state index in [-0.39, 0.29) is 5.91 Å². The number of carbonyl (C=O) groups excluding carboxylic acids is 1. The van der Waals surface area contributed by atoms with E-state index in [1.54, 1.807) is 0 Å². The van der Waals surface area contributed by atoms with E-state index in [1.165, 1.54) is 6.42 Å². The molecule has 2 rings (SSSR count). The van der Waals surface area contributed by atoms with Crippen LogP contribution in [0.5, 0.6) is 11.5 Å². The summed E-state index contributed by atoms with van der Waals surface area (Å²) >= 11 is 0. The van der Waals surface area contributed by atoms with Gasteiger partial charge in [0.15, 0.2) is 11.5 Å². The fourth-order valence-corrected chi connectivity index (χ4v) is 3.25. The summed E-state index contributed by atoms with van der Waals surface area (Å²) in [5, 5.41) is 3.21. The van der Waals surface area contributed by atoms with Gasteiger partial charge in [0.2, 0.25) is 0 Å². The zero-order chi connectivity index (χ0) is 18.8. The van der Waals surface area contributed by atoms with Crippen LogP contribution >= 0.6 is 0 Å². The van der Waals surface area contributed by atoms with E-state index >= 15 is 0 Å². The second-order valence-corrected chi connectivity index (χ2v) is 6.99. The molecule has 5 nitrogen and oxygen atoms in total. The molecule has 0 radical (unpaired) electrons. The molecule has 146 valence electrons. The van der Waals surface area contributed by atoms with Gasteiger partial charge in [-0.05, 0) is 69.8 Å². The summed E-state index contributed by atoms with van der Waals surface area (Å²) < 4.78 is 11.6. The van der Waals surface area contributed by atoms with Crippen LogP contribution in [0.4, 0.5) is 0 Å². The molecule has 1 saturated heterocycles. The van der Waals surface area contributed by atoms with E-state index < -0.39 is 0 Å². The van der Waals surface area contributed by atoms with E-state index in [9.17, 15) is 4.79 Å². The summed E-state index contributed by atoms with van der Waals surface area (Å²) in [5.41, 5.74) is 0.689. The van der Waals surface area contributed by atoms with E-state index in [0.717, 1.165) is 57.0 Å². The van der Waals surface area contributed by atoms with Crippen LogP contribution in [-0.2, 0) is 0 Å². The van der Waals surface area contributed by atoms with E-state index in [2.05, 4.69) is 19.2 Å². The Bertz CT molecular complexity index is 554. The molecule has 1 aromatic rings. The number of rotatable bonds is 10. The molecule has 1 fully saturated rings. The van der Waals surface area contributed by atoms with Crippen molar-refractivity contribution in [3.8, 4) is 11.5 Å². The third-order valence-corrected chi connectivity index (χ3v) is 4.82. The van der Waals surface area contributed by atoms with Crippen molar-refractivity contribution >= 4 is 5.91 Å². The molecule has 1 aliphatic rings. The Balaban J connectivity index is 2.01. The average molecular weight is 363 g/mol. The van der Waals surface area contributed by atoms with Crippen molar-refractivity contribution in [2.24, 2.45) is 5.92 Å².